The maximum absolute atomic E-state index is 11.7. The molecule has 0 atom stereocenters. The molecule has 2 heterocycles. The number of carbonyl (C=O) groups is 1. The van der Waals surface area contributed by atoms with Crippen LogP contribution < -0.4 is 4.74 Å². The highest BCUT2D eigenvalue weighted by Crippen LogP contribution is 2.21. The van der Waals surface area contributed by atoms with Gasteiger partial charge in [-0.1, -0.05) is 36.9 Å². The van der Waals surface area contributed by atoms with Crippen LogP contribution in [0.5, 0.6) is 5.75 Å². The Labute approximate surface area is 151 Å². The summed E-state index contributed by atoms with van der Waals surface area (Å²) in [5.74, 6) is 1.16. The summed E-state index contributed by atoms with van der Waals surface area (Å²) >= 11 is 1.28. The molecule has 25 heavy (non-hydrogen) atoms. The molecule has 0 saturated carbocycles. The van der Waals surface area contributed by atoms with Crippen molar-refractivity contribution in [3.05, 3.63) is 59.4 Å². The highest BCUT2D eigenvalue weighted by Gasteiger charge is 2.26. The van der Waals surface area contributed by atoms with Crippen LogP contribution >= 0.6 is 11.8 Å². The standard InChI is InChI=1S/C19H21N3O2S/c1-2-14-3-6-16(21-11-14)9-10-24-17-7-4-15(5-8-17)12-22-18(23)13-25-19(22)20/h3-8,11,20H,2,9-10,12-13H2,1H3. The molecule has 5 nitrogen and oxygen atoms in total. The number of aryl methyl sites for hydroxylation is 1. The Balaban J connectivity index is 1.48. The zero-order valence-corrected chi connectivity index (χ0v) is 15.0. The zero-order valence-electron chi connectivity index (χ0n) is 14.2. The summed E-state index contributed by atoms with van der Waals surface area (Å²) in [6, 6.07) is 11.8. The van der Waals surface area contributed by atoms with Crippen LogP contribution in [-0.2, 0) is 24.2 Å². The van der Waals surface area contributed by atoms with Gasteiger partial charge in [0.1, 0.15) is 5.75 Å². The Hall–Kier alpha value is -2.34. The van der Waals surface area contributed by atoms with E-state index in [1.165, 1.54) is 22.2 Å². The predicted octanol–water partition coefficient (Wildman–Crippen LogP) is 3.28. The molecular weight excluding hydrogens is 334 g/mol. The second-order valence-electron chi connectivity index (χ2n) is 5.83. The van der Waals surface area contributed by atoms with Crippen LogP contribution in [-0.4, -0.2) is 33.3 Å². The minimum absolute atomic E-state index is 0.00285. The third kappa shape index (κ3) is 4.60. The summed E-state index contributed by atoms with van der Waals surface area (Å²) in [5, 5.41) is 8.09. The van der Waals surface area contributed by atoms with Crippen molar-refractivity contribution in [3.63, 3.8) is 0 Å². The van der Waals surface area contributed by atoms with Gasteiger partial charge >= 0.3 is 0 Å². The Morgan fingerprint density at radius 1 is 1.20 bits per heavy atom. The van der Waals surface area contributed by atoms with Crippen molar-refractivity contribution in [2.45, 2.75) is 26.3 Å². The highest BCUT2D eigenvalue weighted by molar-refractivity contribution is 8.14. The summed E-state index contributed by atoms with van der Waals surface area (Å²) < 4.78 is 5.77. The van der Waals surface area contributed by atoms with E-state index in [-0.39, 0.29) is 5.91 Å². The minimum atomic E-state index is -0.00285. The number of pyridine rings is 1. The Kier molecular flexibility index (Phi) is 5.71. The van der Waals surface area contributed by atoms with Crippen LogP contribution in [0.2, 0.25) is 0 Å². The van der Waals surface area contributed by atoms with Crippen LogP contribution in [0, 0.1) is 5.41 Å². The number of carbonyl (C=O) groups excluding carboxylic acids is 1. The molecule has 0 aliphatic carbocycles. The number of amides is 1. The van der Waals surface area contributed by atoms with Gasteiger partial charge in [-0.2, -0.15) is 0 Å². The lowest BCUT2D eigenvalue weighted by atomic mass is 10.2. The summed E-state index contributed by atoms with van der Waals surface area (Å²) in [4.78, 5) is 17.6. The Morgan fingerprint density at radius 3 is 2.56 bits per heavy atom. The highest BCUT2D eigenvalue weighted by atomic mass is 32.2. The molecule has 1 aromatic heterocycles. The van der Waals surface area contributed by atoms with Crippen LogP contribution in [0.25, 0.3) is 0 Å². The molecule has 1 aliphatic rings. The number of nitrogens with one attached hydrogen (secondary N) is 1. The van der Waals surface area contributed by atoms with Crippen molar-refractivity contribution in [1.82, 2.24) is 9.88 Å². The van der Waals surface area contributed by atoms with Crippen molar-refractivity contribution < 1.29 is 9.53 Å². The number of amidine groups is 1. The van der Waals surface area contributed by atoms with Gasteiger partial charge in [-0.3, -0.25) is 20.1 Å². The number of thioether (sulfide) groups is 1. The van der Waals surface area contributed by atoms with Gasteiger partial charge in [0.15, 0.2) is 5.17 Å². The van der Waals surface area contributed by atoms with Gasteiger partial charge in [-0.05, 0) is 35.7 Å². The SMILES string of the molecule is CCc1ccc(CCOc2ccc(CN3C(=N)SCC3=O)cc2)nc1. The summed E-state index contributed by atoms with van der Waals surface area (Å²) in [5.41, 5.74) is 3.25. The van der Waals surface area contributed by atoms with Crippen molar-refractivity contribution in [2.24, 2.45) is 0 Å². The first kappa shape index (κ1) is 17.5. The normalized spacial score (nSPS) is 14.2. The van der Waals surface area contributed by atoms with E-state index < -0.39 is 0 Å². The molecule has 0 bridgehead atoms. The number of aromatic nitrogens is 1. The molecule has 0 radical (unpaired) electrons. The molecule has 6 heteroatoms. The fraction of sp³-hybridized carbons (Fsp3) is 0.316. The van der Waals surface area contributed by atoms with E-state index in [0.717, 1.165) is 29.8 Å². The van der Waals surface area contributed by atoms with Gasteiger partial charge in [-0.15, -0.1) is 0 Å². The molecule has 3 rings (SSSR count). The maximum Gasteiger partial charge on any atom is 0.239 e. The molecular formula is C19H21N3O2S. The van der Waals surface area contributed by atoms with Crippen LogP contribution in [0.15, 0.2) is 42.6 Å². The molecule has 130 valence electrons. The van der Waals surface area contributed by atoms with Crippen molar-refractivity contribution >= 4 is 22.8 Å². The van der Waals surface area contributed by atoms with Gasteiger partial charge in [0, 0.05) is 18.3 Å². The number of ether oxygens (including phenoxy) is 1. The fourth-order valence-corrected chi connectivity index (χ4v) is 3.26. The molecule has 1 N–H and O–H groups in total. The lowest BCUT2D eigenvalue weighted by Crippen LogP contribution is -2.28. The van der Waals surface area contributed by atoms with Crippen LogP contribution in [0.3, 0.4) is 0 Å². The topological polar surface area (TPSA) is 66.3 Å². The number of hydrogen-bond donors (Lipinski definition) is 1. The molecule has 2 aromatic rings. The van der Waals surface area contributed by atoms with E-state index in [9.17, 15) is 4.79 Å². The number of benzene rings is 1. The number of rotatable bonds is 7. The van der Waals surface area contributed by atoms with E-state index in [1.54, 1.807) is 0 Å². The van der Waals surface area contributed by atoms with Gasteiger partial charge in [0.2, 0.25) is 5.91 Å². The fourth-order valence-electron chi connectivity index (χ4n) is 2.52. The third-order valence-electron chi connectivity index (χ3n) is 4.06. The van der Waals surface area contributed by atoms with E-state index in [2.05, 4.69) is 18.0 Å². The molecule has 1 aliphatic heterocycles. The van der Waals surface area contributed by atoms with Crippen molar-refractivity contribution in [1.29, 1.82) is 5.41 Å². The second kappa shape index (κ2) is 8.16. The smallest absolute Gasteiger partial charge is 0.239 e. The van der Waals surface area contributed by atoms with E-state index in [1.807, 2.05) is 36.5 Å². The van der Waals surface area contributed by atoms with E-state index >= 15 is 0 Å². The monoisotopic (exact) mass is 355 g/mol. The van der Waals surface area contributed by atoms with Crippen molar-refractivity contribution in [3.8, 4) is 5.75 Å². The zero-order chi connectivity index (χ0) is 17.6. The second-order valence-corrected chi connectivity index (χ2v) is 6.79. The molecule has 1 fully saturated rings. The average molecular weight is 355 g/mol. The number of hydrogen-bond acceptors (Lipinski definition) is 5. The lowest BCUT2D eigenvalue weighted by molar-refractivity contribution is -0.124. The largest absolute Gasteiger partial charge is 0.493 e. The predicted molar refractivity (Wildman–Crippen MR) is 100.0 cm³/mol. The van der Waals surface area contributed by atoms with Gasteiger partial charge in [0.25, 0.3) is 0 Å². The Morgan fingerprint density at radius 2 is 1.96 bits per heavy atom. The van der Waals surface area contributed by atoms with Crippen LogP contribution in [0.1, 0.15) is 23.7 Å². The van der Waals surface area contributed by atoms with Crippen molar-refractivity contribution in [2.75, 3.05) is 12.4 Å². The van der Waals surface area contributed by atoms with E-state index in [4.69, 9.17) is 10.1 Å². The first-order valence-corrected chi connectivity index (χ1v) is 9.31. The van der Waals surface area contributed by atoms with Gasteiger partial charge in [-0.25, -0.2) is 0 Å². The first-order valence-electron chi connectivity index (χ1n) is 8.33. The summed E-state index contributed by atoms with van der Waals surface area (Å²) in [6.07, 6.45) is 3.68. The minimum Gasteiger partial charge on any atom is -0.493 e. The lowest BCUT2D eigenvalue weighted by Gasteiger charge is -2.15. The first-order chi connectivity index (χ1) is 12.2. The maximum atomic E-state index is 11.7. The summed E-state index contributed by atoms with van der Waals surface area (Å²) in [6.45, 7) is 3.13. The molecule has 0 unspecified atom stereocenters. The molecule has 1 aromatic carbocycles. The quantitative estimate of drug-likeness (QED) is 0.828. The average Bonchev–Trinajstić information content (AvgIpc) is 2.96. The van der Waals surface area contributed by atoms with Gasteiger partial charge in [0.05, 0.1) is 18.9 Å². The number of nitrogens with zero attached hydrogens (tertiary/aromatic N) is 2. The van der Waals surface area contributed by atoms with Gasteiger partial charge < -0.3 is 4.74 Å². The Bertz CT molecular complexity index is 728. The van der Waals surface area contributed by atoms with E-state index in [0.29, 0.717) is 24.1 Å². The molecule has 1 amide bonds. The molecule has 1 saturated heterocycles. The van der Waals surface area contributed by atoms with Crippen LogP contribution in [0.4, 0.5) is 0 Å². The molecule has 0 spiro atoms. The summed E-state index contributed by atoms with van der Waals surface area (Å²) in [7, 11) is 0. The third-order valence-corrected chi connectivity index (χ3v) is 4.95.